The zero-order chi connectivity index (χ0) is 15.7. The van der Waals surface area contributed by atoms with E-state index in [1.807, 2.05) is 0 Å². The molecule has 0 saturated heterocycles. The van der Waals surface area contributed by atoms with E-state index in [1.54, 1.807) is 0 Å². The maximum Gasteiger partial charge on any atom is 0.419 e. The maximum absolute atomic E-state index is 13.3. The van der Waals surface area contributed by atoms with Crippen molar-refractivity contribution in [3.8, 4) is 0 Å². The van der Waals surface area contributed by atoms with Gasteiger partial charge in [0.1, 0.15) is 5.69 Å². The largest absolute Gasteiger partial charge is 0.419 e. The summed E-state index contributed by atoms with van der Waals surface area (Å²) in [5.74, 6) is -8.11. The third-order valence-electron chi connectivity index (χ3n) is 1.91. The van der Waals surface area contributed by atoms with E-state index in [1.165, 1.54) is 0 Å². The minimum absolute atomic E-state index is 0.0527. The van der Waals surface area contributed by atoms with Crippen molar-refractivity contribution in [2.24, 2.45) is 27.2 Å². The van der Waals surface area contributed by atoms with Gasteiger partial charge in [0.2, 0.25) is 5.96 Å². The summed E-state index contributed by atoms with van der Waals surface area (Å²) in [5, 5.41) is 0. The molecule has 0 aromatic heterocycles. The Morgan fingerprint density at radius 3 is 1.95 bits per heavy atom. The van der Waals surface area contributed by atoms with Gasteiger partial charge in [-0.15, -0.1) is 0 Å². The van der Waals surface area contributed by atoms with Crippen molar-refractivity contribution in [1.82, 2.24) is 0 Å². The van der Waals surface area contributed by atoms with Crippen molar-refractivity contribution < 1.29 is 26.3 Å². The number of rotatable bonds is 1. The van der Waals surface area contributed by atoms with E-state index in [0.29, 0.717) is 0 Å². The van der Waals surface area contributed by atoms with Gasteiger partial charge in [-0.1, -0.05) is 0 Å². The quantitative estimate of drug-likeness (QED) is 0.315. The van der Waals surface area contributed by atoms with E-state index >= 15 is 0 Å². The molecule has 1 rings (SSSR count). The second-order valence-electron chi connectivity index (χ2n) is 3.39. The topological polar surface area (TPSA) is 103 Å². The summed E-state index contributed by atoms with van der Waals surface area (Å²) in [5.41, 5.74) is 11.6. The third-order valence-corrected chi connectivity index (χ3v) is 1.91. The first kappa shape index (κ1) is 15.6. The summed E-state index contributed by atoms with van der Waals surface area (Å²) in [6.07, 6.45) is -5.24. The lowest BCUT2D eigenvalue weighted by atomic mass is 10.1. The van der Waals surface area contributed by atoms with E-state index in [2.05, 4.69) is 9.98 Å². The highest BCUT2D eigenvalue weighted by molar-refractivity contribution is 5.93. The lowest BCUT2D eigenvalue weighted by Crippen LogP contribution is -2.26. The molecule has 20 heavy (non-hydrogen) atoms. The molecular weight excluding hydrogens is 292 g/mol. The van der Waals surface area contributed by atoms with Crippen LogP contribution in [0.1, 0.15) is 5.56 Å². The number of hydrogen-bond acceptors (Lipinski definition) is 1. The molecule has 0 atom stereocenters. The molecule has 6 N–H and O–H groups in total. The van der Waals surface area contributed by atoms with Gasteiger partial charge in [-0.05, 0) is 6.07 Å². The van der Waals surface area contributed by atoms with Gasteiger partial charge in [0, 0.05) is 0 Å². The van der Waals surface area contributed by atoms with E-state index in [9.17, 15) is 26.3 Å². The second kappa shape index (κ2) is 5.27. The predicted molar refractivity (Wildman–Crippen MR) is 58.4 cm³/mol. The molecule has 0 aliphatic rings. The van der Waals surface area contributed by atoms with Gasteiger partial charge in [-0.3, -0.25) is 0 Å². The molecule has 0 amide bonds. The van der Waals surface area contributed by atoms with Gasteiger partial charge in [-0.25, -0.2) is 18.2 Å². The lowest BCUT2D eigenvalue weighted by Gasteiger charge is -2.10. The van der Waals surface area contributed by atoms with Crippen molar-refractivity contribution in [2.45, 2.75) is 6.18 Å². The Kier molecular flexibility index (Phi) is 4.11. The van der Waals surface area contributed by atoms with Crippen LogP contribution in [0.3, 0.4) is 0 Å². The average Bonchev–Trinajstić information content (AvgIpc) is 2.27. The molecule has 1 aromatic rings. The fourth-order valence-electron chi connectivity index (χ4n) is 1.16. The van der Waals surface area contributed by atoms with E-state index < -0.39 is 46.8 Å². The number of aliphatic imine (C=N–C) groups is 2. The standard InChI is InChI=1S/C9H7F6N5/c10-4-2(9(13,14)15)1-3(5(11)6(4)12)19-8(18)20-7(16)17/h1H,(H6,16,17,18,19,20). The summed E-state index contributed by atoms with van der Waals surface area (Å²) in [6, 6.07) is -0.0527. The predicted octanol–water partition coefficient (Wildman–Crippen LogP) is 1.34. The first-order valence-corrected chi connectivity index (χ1v) is 4.72. The molecule has 0 bridgehead atoms. The lowest BCUT2D eigenvalue weighted by molar-refractivity contribution is -0.140. The second-order valence-corrected chi connectivity index (χ2v) is 3.39. The number of hydrogen-bond donors (Lipinski definition) is 3. The van der Waals surface area contributed by atoms with Crippen LogP contribution in [-0.4, -0.2) is 11.9 Å². The van der Waals surface area contributed by atoms with Crippen LogP contribution in [0, 0.1) is 17.5 Å². The van der Waals surface area contributed by atoms with Crippen LogP contribution in [-0.2, 0) is 6.18 Å². The number of halogens is 6. The highest BCUT2D eigenvalue weighted by atomic mass is 19.4. The summed E-state index contributed by atoms with van der Waals surface area (Å²) in [6.45, 7) is 0. The maximum atomic E-state index is 13.3. The van der Waals surface area contributed by atoms with E-state index in [0.717, 1.165) is 0 Å². The number of benzene rings is 1. The minimum atomic E-state index is -5.24. The van der Waals surface area contributed by atoms with Gasteiger partial charge in [0.15, 0.2) is 23.4 Å². The van der Waals surface area contributed by atoms with Crippen LogP contribution in [0.2, 0.25) is 0 Å². The molecule has 0 aliphatic carbocycles. The SMILES string of the molecule is NC(N)=NC(N)=Nc1cc(C(F)(F)F)c(F)c(F)c1F. The van der Waals surface area contributed by atoms with Crippen LogP contribution in [0.5, 0.6) is 0 Å². The Morgan fingerprint density at radius 1 is 0.950 bits per heavy atom. The van der Waals surface area contributed by atoms with Crippen LogP contribution < -0.4 is 17.2 Å². The van der Waals surface area contributed by atoms with Crippen LogP contribution >= 0.6 is 0 Å². The number of guanidine groups is 2. The van der Waals surface area contributed by atoms with Crippen LogP contribution in [0.4, 0.5) is 32.0 Å². The normalized spacial score (nSPS) is 12.4. The first-order chi connectivity index (χ1) is 9.04. The van der Waals surface area contributed by atoms with Gasteiger partial charge >= 0.3 is 6.18 Å². The fourth-order valence-corrected chi connectivity index (χ4v) is 1.16. The minimum Gasteiger partial charge on any atom is -0.370 e. The Labute approximate surface area is 107 Å². The molecule has 0 heterocycles. The molecule has 1 aromatic carbocycles. The summed E-state index contributed by atoms with van der Waals surface area (Å²) in [4.78, 5) is 6.13. The molecule has 0 spiro atoms. The molecule has 5 nitrogen and oxygen atoms in total. The molecule has 0 aliphatic heterocycles. The zero-order valence-electron chi connectivity index (χ0n) is 9.47. The Balaban J connectivity index is 3.50. The smallest absolute Gasteiger partial charge is 0.370 e. The molecule has 0 unspecified atom stereocenters. The highest BCUT2D eigenvalue weighted by Crippen LogP contribution is 2.36. The highest BCUT2D eigenvalue weighted by Gasteiger charge is 2.37. The zero-order valence-corrected chi connectivity index (χ0v) is 9.47. The molecule has 110 valence electrons. The van der Waals surface area contributed by atoms with Crippen molar-refractivity contribution in [1.29, 1.82) is 0 Å². The molecular formula is C9H7F6N5. The van der Waals surface area contributed by atoms with E-state index in [4.69, 9.17) is 17.2 Å². The van der Waals surface area contributed by atoms with Gasteiger partial charge < -0.3 is 17.2 Å². The summed E-state index contributed by atoms with van der Waals surface area (Å²) < 4.78 is 76.6. The van der Waals surface area contributed by atoms with Crippen molar-refractivity contribution in [3.63, 3.8) is 0 Å². The Hall–Kier alpha value is -2.46. The summed E-state index contributed by atoms with van der Waals surface area (Å²) >= 11 is 0. The van der Waals surface area contributed by atoms with Gasteiger partial charge in [-0.2, -0.15) is 18.2 Å². The Morgan fingerprint density at radius 2 is 1.50 bits per heavy atom. The van der Waals surface area contributed by atoms with E-state index in [-0.39, 0.29) is 6.07 Å². The number of alkyl halides is 3. The molecule has 0 saturated carbocycles. The first-order valence-electron chi connectivity index (χ1n) is 4.72. The Bertz CT molecular complexity index is 587. The number of nitrogens with zero attached hydrogens (tertiary/aromatic N) is 2. The van der Waals surface area contributed by atoms with Gasteiger partial charge in [0.25, 0.3) is 0 Å². The van der Waals surface area contributed by atoms with Crippen molar-refractivity contribution in [2.75, 3.05) is 0 Å². The summed E-state index contributed by atoms with van der Waals surface area (Å²) in [7, 11) is 0. The average molecular weight is 299 g/mol. The van der Waals surface area contributed by atoms with Crippen molar-refractivity contribution >= 4 is 17.6 Å². The third kappa shape index (κ3) is 3.30. The fraction of sp³-hybridized carbons (Fsp3) is 0.111. The molecule has 0 fully saturated rings. The van der Waals surface area contributed by atoms with Crippen LogP contribution in [0.25, 0.3) is 0 Å². The molecule has 0 radical (unpaired) electrons. The van der Waals surface area contributed by atoms with Crippen LogP contribution in [0.15, 0.2) is 16.1 Å². The monoisotopic (exact) mass is 299 g/mol. The van der Waals surface area contributed by atoms with Gasteiger partial charge in [0.05, 0.1) is 5.56 Å². The van der Waals surface area contributed by atoms with Crippen molar-refractivity contribution in [3.05, 3.63) is 29.1 Å². The molecule has 11 heteroatoms. The number of nitrogens with two attached hydrogens (primary N) is 3.